The van der Waals surface area contributed by atoms with Crippen molar-refractivity contribution in [1.82, 2.24) is 0 Å². The van der Waals surface area contributed by atoms with Gasteiger partial charge in [-0.25, -0.2) is 0 Å². The number of carbonyl (C=O) groups excluding carboxylic acids is 1. The normalized spacial score (nSPS) is 11.5. The molecule has 0 heterocycles. The first-order valence-corrected chi connectivity index (χ1v) is 6.78. The van der Waals surface area contributed by atoms with Crippen molar-refractivity contribution in [1.29, 1.82) is 5.26 Å². The van der Waals surface area contributed by atoms with Crippen molar-refractivity contribution in [2.45, 2.75) is 12.8 Å². The van der Waals surface area contributed by atoms with Crippen LogP contribution in [0.1, 0.15) is 27.4 Å². The monoisotopic (exact) mass is 299 g/mol. The van der Waals surface area contributed by atoms with Crippen LogP contribution in [0, 0.1) is 18.3 Å². The predicted octanol–water partition coefficient (Wildman–Crippen LogP) is 4.15. The number of hydrogen-bond donors (Lipinski definition) is 0. The van der Waals surface area contributed by atoms with Crippen LogP contribution in [0.5, 0.6) is 5.75 Å². The molecule has 2 aromatic carbocycles. The number of benzene rings is 2. The summed E-state index contributed by atoms with van der Waals surface area (Å²) >= 11 is 5.81. The van der Waals surface area contributed by atoms with Crippen molar-refractivity contribution in [2.75, 3.05) is 7.11 Å². The minimum absolute atomic E-state index is 0.250. The van der Waals surface area contributed by atoms with E-state index in [0.717, 1.165) is 5.56 Å². The SMILES string of the molecule is COc1cc(C(C#N)C(=O)c2ccc(Cl)cc2)ccc1C. The molecule has 2 aromatic rings. The standard InChI is InChI=1S/C17H14ClNO2/c1-11-3-4-13(9-16(11)21-2)15(10-19)17(20)12-5-7-14(18)8-6-12/h3-9,15H,1-2H3. The zero-order chi connectivity index (χ0) is 15.4. The van der Waals surface area contributed by atoms with Crippen molar-refractivity contribution in [3.63, 3.8) is 0 Å². The minimum atomic E-state index is -0.860. The van der Waals surface area contributed by atoms with Gasteiger partial charge in [-0.05, 0) is 48.4 Å². The average molecular weight is 300 g/mol. The number of halogens is 1. The largest absolute Gasteiger partial charge is 0.496 e. The van der Waals surface area contributed by atoms with E-state index < -0.39 is 5.92 Å². The molecule has 2 rings (SSSR count). The molecule has 0 saturated carbocycles. The molecule has 0 bridgehead atoms. The third-order valence-corrected chi connectivity index (χ3v) is 3.54. The predicted molar refractivity (Wildman–Crippen MR) is 81.9 cm³/mol. The van der Waals surface area contributed by atoms with Crippen LogP contribution >= 0.6 is 11.6 Å². The van der Waals surface area contributed by atoms with Crippen molar-refractivity contribution in [3.05, 3.63) is 64.2 Å². The Hall–Kier alpha value is -2.31. The fourth-order valence-electron chi connectivity index (χ4n) is 2.08. The molecule has 0 aliphatic rings. The van der Waals surface area contributed by atoms with Crippen LogP contribution in [0.15, 0.2) is 42.5 Å². The maximum absolute atomic E-state index is 12.5. The van der Waals surface area contributed by atoms with Gasteiger partial charge in [0.25, 0.3) is 0 Å². The Morgan fingerprint density at radius 1 is 1.24 bits per heavy atom. The van der Waals surface area contributed by atoms with Crippen molar-refractivity contribution in [2.24, 2.45) is 0 Å². The maximum atomic E-state index is 12.5. The molecule has 0 aromatic heterocycles. The molecule has 0 aliphatic heterocycles. The molecule has 0 fully saturated rings. The van der Waals surface area contributed by atoms with E-state index >= 15 is 0 Å². The minimum Gasteiger partial charge on any atom is -0.496 e. The van der Waals surface area contributed by atoms with E-state index in [1.165, 1.54) is 0 Å². The fourth-order valence-corrected chi connectivity index (χ4v) is 2.21. The second kappa shape index (κ2) is 6.43. The number of carbonyl (C=O) groups is 1. The van der Waals surface area contributed by atoms with Crippen LogP contribution in [0.3, 0.4) is 0 Å². The zero-order valence-electron chi connectivity index (χ0n) is 11.8. The maximum Gasteiger partial charge on any atom is 0.184 e. The number of nitrogens with zero attached hydrogens (tertiary/aromatic N) is 1. The van der Waals surface area contributed by atoms with E-state index in [2.05, 4.69) is 6.07 Å². The van der Waals surface area contributed by atoms with Gasteiger partial charge in [0.05, 0.1) is 13.2 Å². The molecular weight excluding hydrogens is 286 g/mol. The van der Waals surface area contributed by atoms with Gasteiger partial charge in [0.1, 0.15) is 11.7 Å². The summed E-state index contributed by atoms with van der Waals surface area (Å²) in [7, 11) is 1.56. The fraction of sp³-hybridized carbons (Fsp3) is 0.176. The van der Waals surface area contributed by atoms with Gasteiger partial charge in [0.15, 0.2) is 5.78 Å². The van der Waals surface area contributed by atoms with E-state index in [4.69, 9.17) is 16.3 Å². The van der Waals surface area contributed by atoms with Crippen LogP contribution in [-0.4, -0.2) is 12.9 Å². The number of rotatable bonds is 4. The molecule has 106 valence electrons. The van der Waals surface area contributed by atoms with Crippen LogP contribution in [0.25, 0.3) is 0 Å². The number of ketones is 1. The molecule has 0 amide bonds. The Morgan fingerprint density at radius 2 is 1.90 bits per heavy atom. The number of Topliss-reactive ketones (excluding diaryl/α,β-unsaturated/α-hetero) is 1. The Balaban J connectivity index is 2.38. The summed E-state index contributed by atoms with van der Waals surface area (Å²) in [6.07, 6.45) is 0. The highest BCUT2D eigenvalue weighted by Crippen LogP contribution is 2.27. The number of hydrogen-bond acceptors (Lipinski definition) is 3. The molecule has 21 heavy (non-hydrogen) atoms. The summed E-state index contributed by atoms with van der Waals surface area (Å²) in [5.41, 5.74) is 2.04. The number of ether oxygens (including phenoxy) is 1. The third kappa shape index (κ3) is 3.24. The van der Waals surface area contributed by atoms with Gasteiger partial charge < -0.3 is 4.74 Å². The second-order valence-electron chi connectivity index (χ2n) is 4.66. The van der Waals surface area contributed by atoms with E-state index in [9.17, 15) is 10.1 Å². The van der Waals surface area contributed by atoms with Crippen LogP contribution in [0.4, 0.5) is 0 Å². The van der Waals surface area contributed by atoms with E-state index in [-0.39, 0.29) is 5.78 Å². The zero-order valence-corrected chi connectivity index (χ0v) is 12.5. The lowest BCUT2D eigenvalue weighted by molar-refractivity contribution is 0.0979. The second-order valence-corrected chi connectivity index (χ2v) is 5.10. The highest BCUT2D eigenvalue weighted by molar-refractivity contribution is 6.30. The summed E-state index contributed by atoms with van der Waals surface area (Å²) in [5.74, 6) is -0.447. The highest BCUT2D eigenvalue weighted by atomic mass is 35.5. The Kier molecular flexibility index (Phi) is 4.62. The Labute approximate surface area is 128 Å². The summed E-state index contributed by atoms with van der Waals surface area (Å²) in [4.78, 5) is 12.5. The lowest BCUT2D eigenvalue weighted by atomic mass is 9.91. The first-order chi connectivity index (χ1) is 10.1. The van der Waals surface area contributed by atoms with E-state index in [1.807, 2.05) is 13.0 Å². The first kappa shape index (κ1) is 15.1. The topological polar surface area (TPSA) is 50.1 Å². The summed E-state index contributed by atoms with van der Waals surface area (Å²) in [6, 6.07) is 13.9. The molecular formula is C17H14ClNO2. The summed E-state index contributed by atoms with van der Waals surface area (Å²) < 4.78 is 5.24. The molecule has 0 spiro atoms. The Morgan fingerprint density at radius 3 is 2.48 bits per heavy atom. The number of nitriles is 1. The molecule has 0 radical (unpaired) electrons. The first-order valence-electron chi connectivity index (χ1n) is 6.40. The summed E-state index contributed by atoms with van der Waals surface area (Å²) in [5, 5.41) is 9.91. The smallest absolute Gasteiger partial charge is 0.184 e. The van der Waals surface area contributed by atoms with Crippen molar-refractivity contribution in [3.8, 4) is 11.8 Å². The van der Waals surface area contributed by atoms with Gasteiger partial charge in [-0.3, -0.25) is 4.79 Å². The lowest BCUT2D eigenvalue weighted by Crippen LogP contribution is -2.11. The number of methoxy groups -OCH3 is 1. The average Bonchev–Trinajstić information content (AvgIpc) is 2.50. The number of aryl methyl sites for hydroxylation is 1. The van der Waals surface area contributed by atoms with Crippen LogP contribution in [0.2, 0.25) is 5.02 Å². The van der Waals surface area contributed by atoms with E-state index in [0.29, 0.717) is 21.9 Å². The van der Waals surface area contributed by atoms with Gasteiger partial charge in [-0.15, -0.1) is 0 Å². The van der Waals surface area contributed by atoms with E-state index in [1.54, 1.807) is 43.5 Å². The molecule has 1 atom stereocenters. The van der Waals surface area contributed by atoms with Crippen molar-refractivity contribution < 1.29 is 9.53 Å². The lowest BCUT2D eigenvalue weighted by Gasteiger charge is -2.12. The molecule has 4 heteroatoms. The van der Waals surface area contributed by atoms with Crippen LogP contribution in [-0.2, 0) is 0 Å². The molecule has 1 unspecified atom stereocenters. The summed E-state index contributed by atoms with van der Waals surface area (Å²) in [6.45, 7) is 1.91. The van der Waals surface area contributed by atoms with Gasteiger partial charge in [-0.2, -0.15) is 5.26 Å². The van der Waals surface area contributed by atoms with Crippen LogP contribution < -0.4 is 4.74 Å². The van der Waals surface area contributed by atoms with Crippen molar-refractivity contribution >= 4 is 17.4 Å². The van der Waals surface area contributed by atoms with Gasteiger partial charge in [-0.1, -0.05) is 23.7 Å². The van der Waals surface area contributed by atoms with Gasteiger partial charge in [0.2, 0.25) is 0 Å². The molecule has 0 aliphatic carbocycles. The molecule has 0 N–H and O–H groups in total. The molecule has 0 saturated heterocycles. The van der Waals surface area contributed by atoms with Gasteiger partial charge >= 0.3 is 0 Å². The highest BCUT2D eigenvalue weighted by Gasteiger charge is 2.22. The third-order valence-electron chi connectivity index (χ3n) is 3.29. The van der Waals surface area contributed by atoms with Gasteiger partial charge in [0, 0.05) is 10.6 Å². The Bertz CT molecular complexity index is 702. The molecule has 3 nitrogen and oxygen atoms in total. The quantitative estimate of drug-likeness (QED) is 0.797.